The number of nitrogens with zero attached hydrogens (tertiary/aromatic N) is 2. The number of rotatable bonds is 6. The van der Waals surface area contributed by atoms with Crippen LogP contribution in [-0.2, 0) is 4.79 Å². The molecule has 2 aromatic carbocycles. The number of aromatic nitrogens is 2. The van der Waals surface area contributed by atoms with Gasteiger partial charge in [0.2, 0.25) is 5.91 Å². The van der Waals surface area contributed by atoms with Crippen molar-refractivity contribution in [2.75, 3.05) is 11.1 Å². The van der Waals surface area contributed by atoms with Crippen LogP contribution in [0.4, 0.5) is 11.4 Å². The van der Waals surface area contributed by atoms with Crippen LogP contribution in [0.15, 0.2) is 70.6 Å². The lowest BCUT2D eigenvalue weighted by molar-refractivity contribution is -0.384. The first-order chi connectivity index (χ1) is 13.0. The van der Waals surface area contributed by atoms with E-state index < -0.39 is 4.92 Å². The fourth-order valence-corrected chi connectivity index (χ4v) is 2.93. The van der Waals surface area contributed by atoms with Crippen molar-refractivity contribution in [1.29, 1.82) is 0 Å². The Morgan fingerprint density at radius 1 is 1.15 bits per heavy atom. The van der Waals surface area contributed by atoms with Crippen LogP contribution < -0.4 is 10.9 Å². The zero-order valence-corrected chi connectivity index (χ0v) is 14.7. The molecular weight excluding hydrogens is 368 g/mol. The van der Waals surface area contributed by atoms with E-state index in [2.05, 4.69) is 15.3 Å². The molecule has 0 aliphatic carbocycles. The molecule has 0 saturated heterocycles. The maximum absolute atomic E-state index is 12.1. The summed E-state index contributed by atoms with van der Waals surface area (Å²) in [6.07, 6.45) is 0. The topological polar surface area (TPSA) is 118 Å². The first-order valence-electron chi connectivity index (χ1n) is 7.85. The highest BCUT2D eigenvalue weighted by Crippen LogP contribution is 2.19. The van der Waals surface area contributed by atoms with E-state index in [4.69, 9.17) is 0 Å². The number of nitrogens with one attached hydrogen (secondary N) is 2. The Bertz CT molecular complexity index is 1020. The van der Waals surface area contributed by atoms with Crippen LogP contribution in [0.2, 0.25) is 0 Å². The van der Waals surface area contributed by atoms with Crippen molar-refractivity contribution >= 4 is 29.0 Å². The Labute approximate surface area is 157 Å². The molecule has 3 aromatic rings. The molecule has 0 radical (unpaired) electrons. The van der Waals surface area contributed by atoms with Crippen molar-refractivity contribution in [3.05, 3.63) is 81.1 Å². The zero-order valence-electron chi connectivity index (χ0n) is 13.9. The molecule has 1 heterocycles. The highest BCUT2D eigenvalue weighted by Gasteiger charge is 2.09. The number of carbonyl (C=O) groups is 1. The average Bonchev–Trinajstić information content (AvgIpc) is 2.67. The van der Waals surface area contributed by atoms with E-state index in [-0.39, 0.29) is 22.9 Å². The van der Waals surface area contributed by atoms with Gasteiger partial charge in [-0.25, -0.2) is 4.98 Å². The van der Waals surface area contributed by atoms with E-state index in [1.807, 2.05) is 30.3 Å². The van der Waals surface area contributed by atoms with Gasteiger partial charge in [-0.3, -0.25) is 19.7 Å². The van der Waals surface area contributed by atoms with Crippen molar-refractivity contribution in [2.45, 2.75) is 5.16 Å². The molecule has 2 N–H and O–H groups in total. The SMILES string of the molecule is O=C(CSc1nc(-c2ccccc2)cc(=O)[nH]1)Nc1ccc([N+](=O)[O-])cc1. The molecule has 1 amide bonds. The van der Waals surface area contributed by atoms with Gasteiger partial charge < -0.3 is 10.3 Å². The second-order valence-electron chi connectivity index (χ2n) is 5.44. The lowest BCUT2D eigenvalue weighted by Crippen LogP contribution is -2.15. The predicted molar refractivity (Wildman–Crippen MR) is 103 cm³/mol. The van der Waals surface area contributed by atoms with Gasteiger partial charge in [0.1, 0.15) is 0 Å². The number of carbonyl (C=O) groups excluding carboxylic acids is 1. The van der Waals surface area contributed by atoms with Crippen LogP contribution >= 0.6 is 11.8 Å². The Kier molecular flexibility index (Phi) is 5.62. The quantitative estimate of drug-likeness (QED) is 0.293. The molecule has 0 aliphatic heterocycles. The maximum Gasteiger partial charge on any atom is 0.269 e. The number of amides is 1. The number of hydrogen-bond donors (Lipinski definition) is 2. The highest BCUT2D eigenvalue weighted by molar-refractivity contribution is 7.99. The molecule has 9 heteroatoms. The summed E-state index contributed by atoms with van der Waals surface area (Å²) in [5.74, 6) is -0.292. The Balaban J connectivity index is 1.64. The largest absolute Gasteiger partial charge is 0.325 e. The van der Waals surface area contributed by atoms with Crippen LogP contribution in [-0.4, -0.2) is 26.6 Å². The van der Waals surface area contributed by atoms with E-state index in [0.717, 1.165) is 17.3 Å². The standard InChI is InChI=1S/C18H14N4O4S/c23-16-10-15(12-4-2-1-3-5-12)20-18(21-16)27-11-17(24)19-13-6-8-14(9-7-13)22(25)26/h1-10H,11H2,(H,19,24)(H,20,21,23). The smallest absolute Gasteiger partial charge is 0.269 e. The molecule has 0 bridgehead atoms. The molecule has 136 valence electrons. The van der Waals surface area contributed by atoms with Crippen LogP contribution in [0, 0.1) is 10.1 Å². The van der Waals surface area contributed by atoms with Crippen LogP contribution in [0.5, 0.6) is 0 Å². The van der Waals surface area contributed by atoms with Gasteiger partial charge in [0.05, 0.1) is 16.4 Å². The highest BCUT2D eigenvalue weighted by atomic mass is 32.2. The number of anilines is 1. The number of nitro benzene ring substituents is 1. The number of non-ortho nitro benzene ring substituents is 1. The molecule has 27 heavy (non-hydrogen) atoms. The minimum absolute atomic E-state index is 0.0260. The minimum Gasteiger partial charge on any atom is -0.325 e. The van der Waals surface area contributed by atoms with Crippen molar-refractivity contribution in [3.8, 4) is 11.3 Å². The van der Waals surface area contributed by atoms with Gasteiger partial charge in [0, 0.05) is 29.4 Å². The molecular formula is C18H14N4O4S. The molecule has 3 rings (SSSR count). The molecule has 0 spiro atoms. The first-order valence-corrected chi connectivity index (χ1v) is 8.84. The van der Waals surface area contributed by atoms with Crippen molar-refractivity contribution in [3.63, 3.8) is 0 Å². The zero-order chi connectivity index (χ0) is 19.2. The third-order valence-electron chi connectivity index (χ3n) is 3.49. The van der Waals surface area contributed by atoms with Gasteiger partial charge in [-0.15, -0.1) is 0 Å². The first kappa shape index (κ1) is 18.3. The number of nitro groups is 1. The fourth-order valence-electron chi connectivity index (χ4n) is 2.26. The summed E-state index contributed by atoms with van der Waals surface area (Å²) < 4.78 is 0. The minimum atomic E-state index is -0.511. The number of thioether (sulfide) groups is 1. The van der Waals surface area contributed by atoms with Crippen LogP contribution in [0.25, 0.3) is 11.3 Å². The van der Waals surface area contributed by atoms with Gasteiger partial charge in [-0.05, 0) is 12.1 Å². The third-order valence-corrected chi connectivity index (χ3v) is 4.36. The molecule has 0 saturated carbocycles. The number of aromatic amines is 1. The number of hydrogen-bond acceptors (Lipinski definition) is 6. The third kappa shape index (κ3) is 5.02. The number of benzene rings is 2. The lowest BCUT2D eigenvalue weighted by atomic mass is 10.1. The Morgan fingerprint density at radius 3 is 2.52 bits per heavy atom. The molecule has 0 aliphatic rings. The number of H-pyrrole nitrogens is 1. The summed E-state index contributed by atoms with van der Waals surface area (Å²) in [6.45, 7) is 0. The van der Waals surface area contributed by atoms with Crippen molar-refractivity contribution in [2.24, 2.45) is 0 Å². The lowest BCUT2D eigenvalue weighted by Gasteiger charge is -2.06. The van der Waals surface area contributed by atoms with Gasteiger partial charge in [-0.2, -0.15) is 0 Å². The summed E-state index contributed by atoms with van der Waals surface area (Å²) >= 11 is 1.09. The van der Waals surface area contributed by atoms with Gasteiger partial charge in [-0.1, -0.05) is 42.1 Å². The summed E-state index contributed by atoms with van der Waals surface area (Å²) in [5, 5.41) is 13.6. The van der Waals surface area contributed by atoms with E-state index in [0.29, 0.717) is 16.5 Å². The summed E-state index contributed by atoms with van der Waals surface area (Å²) in [7, 11) is 0. The second kappa shape index (κ2) is 8.28. The van der Waals surface area contributed by atoms with Crippen LogP contribution in [0.1, 0.15) is 0 Å². The van der Waals surface area contributed by atoms with Gasteiger partial charge >= 0.3 is 0 Å². The van der Waals surface area contributed by atoms with Crippen LogP contribution in [0.3, 0.4) is 0 Å². The Morgan fingerprint density at radius 2 is 1.85 bits per heavy atom. The summed E-state index contributed by atoms with van der Waals surface area (Å²) in [6, 6.07) is 16.2. The van der Waals surface area contributed by atoms with Gasteiger partial charge in [0.25, 0.3) is 11.2 Å². The normalized spacial score (nSPS) is 10.4. The van der Waals surface area contributed by atoms with E-state index in [1.165, 1.54) is 30.3 Å². The Hall–Kier alpha value is -3.46. The van der Waals surface area contributed by atoms with E-state index in [9.17, 15) is 19.7 Å². The van der Waals surface area contributed by atoms with Crippen molar-refractivity contribution < 1.29 is 9.72 Å². The molecule has 1 aromatic heterocycles. The molecule has 0 unspecified atom stereocenters. The van der Waals surface area contributed by atoms with Crippen molar-refractivity contribution in [1.82, 2.24) is 9.97 Å². The van der Waals surface area contributed by atoms with E-state index >= 15 is 0 Å². The molecule has 8 nitrogen and oxygen atoms in total. The maximum atomic E-state index is 12.1. The fraction of sp³-hybridized carbons (Fsp3) is 0.0556. The van der Waals surface area contributed by atoms with Gasteiger partial charge in [0.15, 0.2) is 5.16 Å². The molecule has 0 atom stereocenters. The average molecular weight is 382 g/mol. The predicted octanol–water partition coefficient (Wildman–Crippen LogP) is 3.08. The van der Waals surface area contributed by atoms with E-state index in [1.54, 1.807) is 0 Å². The monoisotopic (exact) mass is 382 g/mol. The molecule has 0 fully saturated rings. The summed E-state index contributed by atoms with van der Waals surface area (Å²) in [4.78, 5) is 41.0. The summed E-state index contributed by atoms with van der Waals surface area (Å²) in [5.41, 5.74) is 1.42. The second-order valence-corrected chi connectivity index (χ2v) is 6.41.